The maximum atomic E-state index is 9.37. The molecule has 3 N–H and O–H groups in total. The third-order valence-electron chi connectivity index (χ3n) is 3.24. The minimum Gasteiger partial charge on any atom is -0.506 e. The van der Waals surface area contributed by atoms with Gasteiger partial charge in [-0.3, -0.25) is 0 Å². The second-order valence-electron chi connectivity index (χ2n) is 4.77. The lowest BCUT2D eigenvalue weighted by Gasteiger charge is -2.05. The molecule has 102 valence electrons. The number of aromatic nitrogens is 1. The van der Waals surface area contributed by atoms with Crippen LogP contribution in [0.2, 0.25) is 5.02 Å². The van der Waals surface area contributed by atoms with E-state index >= 15 is 0 Å². The van der Waals surface area contributed by atoms with Gasteiger partial charge in [-0.2, -0.15) is 0 Å². The molecule has 3 nitrogen and oxygen atoms in total. The van der Waals surface area contributed by atoms with Gasteiger partial charge in [-0.15, -0.1) is 0 Å². The van der Waals surface area contributed by atoms with Crippen molar-refractivity contribution in [3.8, 4) is 5.75 Å². The summed E-state index contributed by atoms with van der Waals surface area (Å²) < 4.78 is 0. The van der Waals surface area contributed by atoms with Gasteiger partial charge in [0.15, 0.2) is 0 Å². The molecule has 0 aliphatic carbocycles. The first-order valence-electron chi connectivity index (χ1n) is 6.47. The molecule has 0 radical (unpaired) electrons. The largest absolute Gasteiger partial charge is 0.506 e. The normalized spacial score (nSPS) is 11.1. The Bertz CT molecular complexity index is 703. The van der Waals surface area contributed by atoms with Gasteiger partial charge in [0.05, 0.1) is 5.02 Å². The Labute approximate surface area is 122 Å². The Morgan fingerprint density at radius 2 is 1.90 bits per heavy atom. The van der Waals surface area contributed by atoms with Gasteiger partial charge in [0, 0.05) is 24.3 Å². The van der Waals surface area contributed by atoms with Crippen molar-refractivity contribution >= 4 is 22.5 Å². The number of hydrogen-bond donors (Lipinski definition) is 3. The molecular formula is C16H15ClN2O. The van der Waals surface area contributed by atoms with Crippen molar-refractivity contribution in [1.29, 1.82) is 0 Å². The highest BCUT2D eigenvalue weighted by atomic mass is 35.5. The van der Waals surface area contributed by atoms with Crippen molar-refractivity contribution in [3.05, 3.63) is 64.8 Å². The molecule has 1 aromatic heterocycles. The van der Waals surface area contributed by atoms with Crippen LogP contribution in [0.5, 0.6) is 5.75 Å². The summed E-state index contributed by atoms with van der Waals surface area (Å²) in [5, 5.41) is 14.3. The fourth-order valence-electron chi connectivity index (χ4n) is 2.23. The average Bonchev–Trinajstić information content (AvgIpc) is 2.85. The number of benzene rings is 2. The van der Waals surface area contributed by atoms with Gasteiger partial charge in [-0.1, -0.05) is 35.9 Å². The molecule has 3 aromatic rings. The third kappa shape index (κ3) is 2.79. The van der Waals surface area contributed by atoms with E-state index < -0.39 is 0 Å². The molecule has 0 saturated heterocycles. The molecule has 3 rings (SSSR count). The molecule has 0 atom stereocenters. The zero-order valence-corrected chi connectivity index (χ0v) is 11.6. The molecule has 0 bridgehead atoms. The summed E-state index contributed by atoms with van der Waals surface area (Å²) in [6, 6.07) is 15.6. The average molecular weight is 287 g/mol. The lowest BCUT2D eigenvalue weighted by atomic mass is 10.2. The van der Waals surface area contributed by atoms with E-state index in [2.05, 4.69) is 28.5 Å². The Kier molecular flexibility index (Phi) is 3.63. The standard InChI is InChI=1S/C16H15ClN2O/c17-14-7-11(5-6-16(14)20)9-18-10-13-8-12-3-1-2-4-15(12)19-13/h1-8,18-20H,9-10H2. The molecule has 0 fully saturated rings. The van der Waals surface area contributed by atoms with Crippen molar-refractivity contribution < 1.29 is 5.11 Å². The second kappa shape index (κ2) is 5.57. The number of fused-ring (bicyclic) bond motifs is 1. The van der Waals surface area contributed by atoms with E-state index in [-0.39, 0.29) is 5.75 Å². The molecule has 4 heteroatoms. The van der Waals surface area contributed by atoms with Crippen molar-refractivity contribution in [1.82, 2.24) is 10.3 Å². The first kappa shape index (κ1) is 13.0. The minimum absolute atomic E-state index is 0.117. The summed E-state index contributed by atoms with van der Waals surface area (Å²) in [5.74, 6) is 0.117. The minimum atomic E-state index is 0.117. The number of aromatic amines is 1. The van der Waals surface area contributed by atoms with E-state index in [4.69, 9.17) is 11.6 Å². The zero-order valence-electron chi connectivity index (χ0n) is 10.9. The fourth-order valence-corrected chi connectivity index (χ4v) is 2.43. The van der Waals surface area contributed by atoms with Gasteiger partial charge in [0.1, 0.15) is 5.75 Å². The van der Waals surface area contributed by atoms with E-state index in [1.807, 2.05) is 18.2 Å². The molecule has 0 aliphatic heterocycles. The van der Waals surface area contributed by atoms with Crippen molar-refractivity contribution in [2.45, 2.75) is 13.1 Å². The molecule has 0 aliphatic rings. The van der Waals surface area contributed by atoms with Crippen LogP contribution in [0, 0.1) is 0 Å². The third-order valence-corrected chi connectivity index (χ3v) is 3.55. The van der Waals surface area contributed by atoms with Gasteiger partial charge >= 0.3 is 0 Å². The Morgan fingerprint density at radius 3 is 2.70 bits per heavy atom. The zero-order chi connectivity index (χ0) is 13.9. The number of hydrogen-bond acceptors (Lipinski definition) is 2. The topological polar surface area (TPSA) is 48.0 Å². The van der Waals surface area contributed by atoms with E-state index in [1.165, 1.54) is 5.39 Å². The van der Waals surface area contributed by atoms with Gasteiger partial charge in [-0.05, 0) is 35.2 Å². The summed E-state index contributed by atoms with van der Waals surface area (Å²) >= 11 is 5.88. The maximum Gasteiger partial charge on any atom is 0.134 e. The smallest absolute Gasteiger partial charge is 0.134 e. The number of halogens is 1. The number of rotatable bonds is 4. The van der Waals surface area contributed by atoms with Gasteiger partial charge < -0.3 is 15.4 Å². The quantitative estimate of drug-likeness (QED) is 0.683. The number of H-pyrrole nitrogens is 1. The van der Waals surface area contributed by atoms with E-state index in [9.17, 15) is 5.11 Å². The van der Waals surface area contributed by atoms with Crippen LogP contribution in [0.25, 0.3) is 10.9 Å². The van der Waals surface area contributed by atoms with Crippen LogP contribution in [0.4, 0.5) is 0 Å². The first-order chi connectivity index (χ1) is 9.72. The number of aromatic hydroxyl groups is 1. The second-order valence-corrected chi connectivity index (χ2v) is 5.18. The monoisotopic (exact) mass is 286 g/mol. The highest BCUT2D eigenvalue weighted by Crippen LogP contribution is 2.23. The lowest BCUT2D eigenvalue weighted by molar-refractivity contribution is 0.475. The van der Waals surface area contributed by atoms with Crippen LogP contribution < -0.4 is 5.32 Å². The lowest BCUT2D eigenvalue weighted by Crippen LogP contribution is -2.12. The number of phenols is 1. The summed E-state index contributed by atoms with van der Waals surface area (Å²) in [7, 11) is 0. The molecule has 0 amide bonds. The Hall–Kier alpha value is -1.97. The summed E-state index contributed by atoms with van der Waals surface area (Å²) in [5.41, 5.74) is 3.34. The van der Waals surface area contributed by atoms with Crippen molar-refractivity contribution in [2.75, 3.05) is 0 Å². The molecule has 0 unspecified atom stereocenters. The van der Waals surface area contributed by atoms with Gasteiger partial charge in [0.2, 0.25) is 0 Å². The maximum absolute atomic E-state index is 9.37. The van der Waals surface area contributed by atoms with Crippen LogP contribution >= 0.6 is 11.6 Å². The molecule has 2 aromatic carbocycles. The van der Waals surface area contributed by atoms with Crippen molar-refractivity contribution in [2.24, 2.45) is 0 Å². The van der Waals surface area contributed by atoms with Gasteiger partial charge in [0.25, 0.3) is 0 Å². The fraction of sp³-hybridized carbons (Fsp3) is 0.125. The molecule has 1 heterocycles. The van der Waals surface area contributed by atoms with Crippen LogP contribution in [0.15, 0.2) is 48.5 Å². The predicted octanol–water partition coefficient (Wildman–Crippen LogP) is 3.82. The van der Waals surface area contributed by atoms with Crippen LogP contribution in [0.3, 0.4) is 0 Å². The summed E-state index contributed by atoms with van der Waals surface area (Å²) in [6.45, 7) is 1.46. The van der Waals surface area contributed by atoms with Crippen LogP contribution in [-0.4, -0.2) is 10.1 Å². The molecule has 20 heavy (non-hydrogen) atoms. The van der Waals surface area contributed by atoms with Crippen molar-refractivity contribution in [3.63, 3.8) is 0 Å². The molecule has 0 saturated carbocycles. The Balaban J connectivity index is 1.63. The van der Waals surface area contributed by atoms with Gasteiger partial charge in [-0.25, -0.2) is 0 Å². The van der Waals surface area contributed by atoms with E-state index in [0.29, 0.717) is 11.6 Å². The molecular weight excluding hydrogens is 272 g/mol. The van der Waals surface area contributed by atoms with Crippen LogP contribution in [0.1, 0.15) is 11.3 Å². The summed E-state index contributed by atoms with van der Waals surface area (Å²) in [4.78, 5) is 3.37. The number of phenolic OH excluding ortho intramolecular Hbond substituents is 1. The summed E-state index contributed by atoms with van der Waals surface area (Å²) in [6.07, 6.45) is 0. The number of para-hydroxylation sites is 1. The number of nitrogens with one attached hydrogen (secondary N) is 2. The highest BCUT2D eigenvalue weighted by molar-refractivity contribution is 6.32. The van der Waals surface area contributed by atoms with E-state index in [0.717, 1.165) is 23.3 Å². The van der Waals surface area contributed by atoms with E-state index in [1.54, 1.807) is 12.1 Å². The first-order valence-corrected chi connectivity index (χ1v) is 6.85. The molecule has 0 spiro atoms. The SMILES string of the molecule is Oc1ccc(CNCc2cc3ccccc3[nH]2)cc1Cl. The van der Waals surface area contributed by atoms with Crippen LogP contribution in [-0.2, 0) is 13.1 Å². The highest BCUT2D eigenvalue weighted by Gasteiger charge is 2.02. The Morgan fingerprint density at radius 1 is 1.05 bits per heavy atom. The predicted molar refractivity (Wildman–Crippen MR) is 82.0 cm³/mol.